The summed E-state index contributed by atoms with van der Waals surface area (Å²) in [6, 6.07) is 11.1. The number of amides is 1. The largest absolute Gasteiger partial charge is 0.300 e. The molecule has 1 amide bonds. The summed E-state index contributed by atoms with van der Waals surface area (Å²) in [4.78, 5) is 35.7. The van der Waals surface area contributed by atoms with Gasteiger partial charge in [-0.3, -0.25) is 14.2 Å². The van der Waals surface area contributed by atoms with Gasteiger partial charge in [-0.2, -0.15) is 0 Å². The minimum absolute atomic E-state index is 0.107. The van der Waals surface area contributed by atoms with Gasteiger partial charge in [0.1, 0.15) is 6.54 Å². The summed E-state index contributed by atoms with van der Waals surface area (Å²) in [6.45, 7) is 1.93. The van der Waals surface area contributed by atoms with Crippen molar-refractivity contribution in [3.05, 3.63) is 63.3 Å². The number of rotatable bonds is 4. The number of para-hydroxylation sites is 1. The standard InChI is InChI=1S/C18H14N4O2S2/c1-11-6-7-15(26-11)14-9-25-18(20-14)21-16(23)8-22-10-19-13-5-3-2-4-12(13)17(22)24/h2-7,9-10H,8H2,1H3,(H,20,21,23). The van der Waals surface area contributed by atoms with Gasteiger partial charge in [-0.05, 0) is 31.2 Å². The van der Waals surface area contributed by atoms with Crippen molar-refractivity contribution in [3.63, 3.8) is 0 Å². The molecule has 26 heavy (non-hydrogen) atoms. The average Bonchev–Trinajstić information content (AvgIpc) is 3.26. The minimum Gasteiger partial charge on any atom is -0.300 e. The number of thiazole rings is 1. The summed E-state index contributed by atoms with van der Waals surface area (Å²) < 4.78 is 1.30. The third-order valence-corrected chi connectivity index (χ3v) is 5.57. The van der Waals surface area contributed by atoms with Crippen LogP contribution in [0.1, 0.15) is 4.88 Å². The van der Waals surface area contributed by atoms with E-state index in [4.69, 9.17) is 0 Å². The first-order valence-electron chi connectivity index (χ1n) is 7.86. The summed E-state index contributed by atoms with van der Waals surface area (Å²) in [7, 11) is 0. The van der Waals surface area contributed by atoms with Gasteiger partial charge in [0.2, 0.25) is 5.91 Å². The van der Waals surface area contributed by atoms with Gasteiger partial charge in [-0.25, -0.2) is 9.97 Å². The van der Waals surface area contributed by atoms with Crippen molar-refractivity contribution in [2.75, 3.05) is 5.32 Å². The zero-order valence-corrected chi connectivity index (χ0v) is 15.4. The molecule has 4 rings (SSSR count). The highest BCUT2D eigenvalue weighted by Crippen LogP contribution is 2.30. The van der Waals surface area contributed by atoms with Crippen LogP contribution in [0.25, 0.3) is 21.5 Å². The Morgan fingerprint density at radius 2 is 2.08 bits per heavy atom. The van der Waals surface area contributed by atoms with E-state index in [1.165, 1.54) is 27.1 Å². The quantitative estimate of drug-likeness (QED) is 0.586. The first-order chi connectivity index (χ1) is 12.6. The minimum atomic E-state index is -0.313. The molecule has 6 nitrogen and oxygen atoms in total. The normalized spacial score (nSPS) is 11.0. The summed E-state index contributed by atoms with van der Waals surface area (Å²) in [5.74, 6) is -0.313. The predicted octanol–water partition coefficient (Wildman–Crippen LogP) is 3.53. The molecule has 4 aromatic rings. The molecule has 1 aromatic carbocycles. The molecule has 0 spiro atoms. The van der Waals surface area contributed by atoms with E-state index < -0.39 is 0 Å². The number of carbonyl (C=O) groups is 1. The molecular formula is C18H14N4O2S2. The lowest BCUT2D eigenvalue weighted by Crippen LogP contribution is -2.27. The molecule has 8 heteroatoms. The lowest BCUT2D eigenvalue weighted by molar-refractivity contribution is -0.116. The van der Waals surface area contributed by atoms with E-state index in [9.17, 15) is 9.59 Å². The van der Waals surface area contributed by atoms with Gasteiger partial charge in [0.05, 0.1) is 27.8 Å². The summed E-state index contributed by atoms with van der Waals surface area (Å²) in [5, 5.41) is 5.66. The van der Waals surface area contributed by atoms with Gasteiger partial charge in [-0.1, -0.05) is 12.1 Å². The lowest BCUT2D eigenvalue weighted by atomic mass is 10.2. The SMILES string of the molecule is Cc1ccc(-c2csc(NC(=O)Cn3cnc4ccccc4c3=O)n2)s1. The van der Waals surface area contributed by atoms with E-state index in [1.807, 2.05) is 30.5 Å². The first kappa shape index (κ1) is 16.6. The number of anilines is 1. The van der Waals surface area contributed by atoms with Crippen molar-refractivity contribution in [1.82, 2.24) is 14.5 Å². The molecule has 0 aliphatic heterocycles. The molecule has 0 aliphatic carbocycles. The van der Waals surface area contributed by atoms with Gasteiger partial charge in [-0.15, -0.1) is 22.7 Å². The third kappa shape index (κ3) is 3.29. The van der Waals surface area contributed by atoms with E-state index in [0.717, 1.165) is 10.6 Å². The zero-order valence-electron chi connectivity index (χ0n) is 13.8. The molecule has 0 saturated carbocycles. The Morgan fingerprint density at radius 3 is 2.88 bits per heavy atom. The van der Waals surface area contributed by atoms with Crippen molar-refractivity contribution < 1.29 is 4.79 Å². The number of aromatic nitrogens is 3. The molecule has 0 unspecified atom stereocenters. The first-order valence-corrected chi connectivity index (χ1v) is 9.56. The average molecular weight is 382 g/mol. The van der Waals surface area contributed by atoms with Gasteiger partial charge in [0.25, 0.3) is 5.56 Å². The molecule has 0 fully saturated rings. The molecule has 1 N–H and O–H groups in total. The maximum absolute atomic E-state index is 12.4. The highest BCUT2D eigenvalue weighted by molar-refractivity contribution is 7.17. The third-order valence-electron chi connectivity index (χ3n) is 3.79. The van der Waals surface area contributed by atoms with E-state index in [-0.39, 0.29) is 18.0 Å². The van der Waals surface area contributed by atoms with Gasteiger partial charge in [0.15, 0.2) is 5.13 Å². The number of thiophene rings is 1. The van der Waals surface area contributed by atoms with E-state index in [0.29, 0.717) is 16.0 Å². The van der Waals surface area contributed by atoms with E-state index >= 15 is 0 Å². The molecular weight excluding hydrogens is 368 g/mol. The van der Waals surface area contributed by atoms with E-state index in [1.54, 1.807) is 29.5 Å². The van der Waals surface area contributed by atoms with Crippen LogP contribution in [-0.2, 0) is 11.3 Å². The molecule has 0 atom stereocenters. The van der Waals surface area contributed by atoms with Crippen molar-refractivity contribution in [2.24, 2.45) is 0 Å². The number of benzene rings is 1. The Morgan fingerprint density at radius 1 is 1.23 bits per heavy atom. The highest BCUT2D eigenvalue weighted by Gasteiger charge is 2.11. The Balaban J connectivity index is 1.50. The molecule has 0 radical (unpaired) electrons. The van der Waals surface area contributed by atoms with Crippen molar-refractivity contribution >= 4 is 44.6 Å². The van der Waals surface area contributed by atoms with E-state index in [2.05, 4.69) is 15.3 Å². The monoisotopic (exact) mass is 382 g/mol. The van der Waals surface area contributed by atoms with Crippen LogP contribution < -0.4 is 10.9 Å². The number of hydrogen-bond donors (Lipinski definition) is 1. The van der Waals surface area contributed by atoms with Crippen LogP contribution in [0.3, 0.4) is 0 Å². The predicted molar refractivity (Wildman–Crippen MR) is 105 cm³/mol. The molecule has 0 aliphatic rings. The second-order valence-corrected chi connectivity index (χ2v) is 7.84. The Kier molecular flexibility index (Phi) is 4.36. The highest BCUT2D eigenvalue weighted by atomic mass is 32.1. The molecule has 0 saturated heterocycles. The summed E-state index contributed by atoms with van der Waals surface area (Å²) in [5.41, 5.74) is 1.22. The van der Waals surface area contributed by atoms with Crippen LogP contribution in [0.5, 0.6) is 0 Å². The fourth-order valence-corrected chi connectivity index (χ4v) is 4.18. The Labute approximate surface area is 156 Å². The van der Waals surface area contributed by atoms with Crippen LogP contribution >= 0.6 is 22.7 Å². The molecule has 3 aromatic heterocycles. The van der Waals surface area contributed by atoms with Crippen LogP contribution in [0.15, 0.2) is 52.9 Å². The second-order valence-electron chi connectivity index (χ2n) is 5.69. The van der Waals surface area contributed by atoms with Gasteiger partial charge in [0, 0.05) is 10.3 Å². The number of nitrogens with zero attached hydrogens (tertiary/aromatic N) is 3. The fourth-order valence-electron chi connectivity index (χ4n) is 2.55. The number of hydrogen-bond acceptors (Lipinski definition) is 6. The number of carbonyl (C=O) groups excluding carboxylic acids is 1. The second kappa shape index (κ2) is 6.81. The van der Waals surface area contributed by atoms with Gasteiger partial charge >= 0.3 is 0 Å². The van der Waals surface area contributed by atoms with Crippen LogP contribution in [0, 0.1) is 6.92 Å². The lowest BCUT2D eigenvalue weighted by Gasteiger charge is -2.06. The van der Waals surface area contributed by atoms with Crippen LogP contribution in [0.4, 0.5) is 5.13 Å². The van der Waals surface area contributed by atoms with Crippen molar-refractivity contribution in [3.8, 4) is 10.6 Å². The molecule has 3 heterocycles. The maximum atomic E-state index is 12.4. The fraction of sp³-hybridized carbons (Fsp3) is 0.111. The van der Waals surface area contributed by atoms with Crippen LogP contribution in [0.2, 0.25) is 0 Å². The maximum Gasteiger partial charge on any atom is 0.261 e. The van der Waals surface area contributed by atoms with Crippen molar-refractivity contribution in [2.45, 2.75) is 13.5 Å². The Hall–Kier alpha value is -2.84. The van der Waals surface area contributed by atoms with Gasteiger partial charge < -0.3 is 5.32 Å². The zero-order chi connectivity index (χ0) is 18.1. The Bertz CT molecular complexity index is 1160. The summed E-state index contributed by atoms with van der Waals surface area (Å²) >= 11 is 3.02. The van der Waals surface area contributed by atoms with Crippen molar-refractivity contribution in [1.29, 1.82) is 0 Å². The topological polar surface area (TPSA) is 76.9 Å². The molecule has 130 valence electrons. The summed E-state index contributed by atoms with van der Waals surface area (Å²) in [6.07, 6.45) is 1.39. The number of aryl methyl sites for hydroxylation is 1. The molecule has 0 bridgehead atoms. The van der Waals surface area contributed by atoms with Crippen LogP contribution in [-0.4, -0.2) is 20.4 Å². The number of fused-ring (bicyclic) bond motifs is 1. The smallest absolute Gasteiger partial charge is 0.261 e. The number of nitrogens with one attached hydrogen (secondary N) is 1.